The molecule has 1 aromatic carbocycles. The molecule has 0 bridgehead atoms. The van der Waals surface area contributed by atoms with Gasteiger partial charge in [-0.1, -0.05) is 19.9 Å². The molecule has 0 aliphatic heterocycles. The Morgan fingerprint density at radius 1 is 1.38 bits per heavy atom. The second-order valence-electron chi connectivity index (χ2n) is 2.73. The molecule has 0 saturated heterocycles. The van der Waals surface area contributed by atoms with E-state index < -0.39 is 0 Å². The maximum atomic E-state index is 8.85. The lowest BCUT2D eigenvalue weighted by Gasteiger charge is -2.03. The van der Waals surface area contributed by atoms with E-state index in [1.807, 2.05) is 12.1 Å². The molecule has 0 N–H and O–H groups in total. The summed E-state index contributed by atoms with van der Waals surface area (Å²) < 4.78 is 0. The van der Waals surface area contributed by atoms with E-state index >= 15 is 0 Å². The van der Waals surface area contributed by atoms with Crippen molar-refractivity contribution in [1.82, 2.24) is 0 Å². The van der Waals surface area contributed by atoms with Gasteiger partial charge in [-0.25, -0.2) is 0 Å². The Balaban J connectivity index is 3.04. The highest BCUT2D eigenvalue weighted by Gasteiger charge is 2.01. The predicted octanol–water partition coefficient (Wildman–Crippen LogP) is 3.23. The molecule has 0 spiro atoms. The second-order valence-corrected chi connectivity index (χ2v) is 4.03. The molecule has 0 fully saturated rings. The Bertz CT molecular complexity index is 325. The SMILES string of the molecule is CCSc1cc(CC)ccc1C#N. The van der Waals surface area contributed by atoms with E-state index in [9.17, 15) is 0 Å². The fourth-order valence-electron chi connectivity index (χ4n) is 1.15. The normalized spacial score (nSPS) is 9.62. The van der Waals surface area contributed by atoms with Gasteiger partial charge >= 0.3 is 0 Å². The van der Waals surface area contributed by atoms with Crippen LogP contribution in [0.25, 0.3) is 0 Å². The minimum Gasteiger partial charge on any atom is -0.192 e. The van der Waals surface area contributed by atoms with E-state index in [1.165, 1.54) is 5.56 Å². The fourth-order valence-corrected chi connectivity index (χ4v) is 1.97. The Morgan fingerprint density at radius 3 is 2.69 bits per heavy atom. The quantitative estimate of drug-likeness (QED) is 0.685. The van der Waals surface area contributed by atoms with Gasteiger partial charge < -0.3 is 0 Å². The van der Waals surface area contributed by atoms with Crippen LogP contribution in [0.4, 0.5) is 0 Å². The van der Waals surface area contributed by atoms with Crippen molar-refractivity contribution in [3.05, 3.63) is 29.3 Å². The fraction of sp³-hybridized carbons (Fsp3) is 0.364. The van der Waals surface area contributed by atoms with Crippen LogP contribution in [0.5, 0.6) is 0 Å². The summed E-state index contributed by atoms with van der Waals surface area (Å²) in [7, 11) is 0. The molecule has 0 saturated carbocycles. The minimum absolute atomic E-state index is 0.795. The van der Waals surface area contributed by atoms with Gasteiger partial charge in [-0.2, -0.15) is 5.26 Å². The molecule has 0 unspecified atom stereocenters. The van der Waals surface area contributed by atoms with Crippen LogP contribution in [0.15, 0.2) is 23.1 Å². The molecule has 68 valence electrons. The number of benzene rings is 1. The van der Waals surface area contributed by atoms with E-state index in [-0.39, 0.29) is 0 Å². The predicted molar refractivity (Wildman–Crippen MR) is 56.9 cm³/mol. The van der Waals surface area contributed by atoms with Gasteiger partial charge in [0.2, 0.25) is 0 Å². The largest absolute Gasteiger partial charge is 0.192 e. The van der Waals surface area contributed by atoms with Gasteiger partial charge in [-0.3, -0.25) is 0 Å². The first-order valence-corrected chi connectivity index (χ1v) is 5.46. The summed E-state index contributed by atoms with van der Waals surface area (Å²) in [5, 5.41) is 8.85. The van der Waals surface area contributed by atoms with Crippen molar-refractivity contribution in [1.29, 1.82) is 5.26 Å². The zero-order chi connectivity index (χ0) is 9.68. The Hall–Kier alpha value is -0.940. The first kappa shape index (κ1) is 10.1. The Kier molecular flexibility index (Phi) is 3.85. The lowest BCUT2D eigenvalue weighted by molar-refractivity contribution is 1.12. The van der Waals surface area contributed by atoms with Crippen molar-refractivity contribution >= 4 is 11.8 Å². The molecule has 0 aliphatic rings. The lowest BCUT2D eigenvalue weighted by atomic mass is 10.1. The molecule has 1 aromatic rings. The Morgan fingerprint density at radius 2 is 2.15 bits per heavy atom. The summed E-state index contributed by atoms with van der Waals surface area (Å²) in [5.74, 6) is 1.02. The summed E-state index contributed by atoms with van der Waals surface area (Å²) in [6, 6.07) is 8.27. The maximum absolute atomic E-state index is 8.85. The third kappa shape index (κ3) is 2.50. The lowest BCUT2D eigenvalue weighted by Crippen LogP contribution is -1.86. The van der Waals surface area contributed by atoms with Crippen molar-refractivity contribution in [2.75, 3.05) is 5.75 Å². The molecule has 1 nitrogen and oxygen atoms in total. The molecular formula is C11H13NS. The van der Waals surface area contributed by atoms with Crippen molar-refractivity contribution in [3.63, 3.8) is 0 Å². The molecule has 2 heteroatoms. The van der Waals surface area contributed by atoms with Crippen molar-refractivity contribution < 1.29 is 0 Å². The smallest absolute Gasteiger partial charge is 0.100 e. The highest BCUT2D eigenvalue weighted by Crippen LogP contribution is 2.23. The Labute approximate surface area is 83.8 Å². The highest BCUT2D eigenvalue weighted by molar-refractivity contribution is 7.99. The molecule has 0 aromatic heterocycles. The molecule has 0 atom stereocenters. The number of hydrogen-bond donors (Lipinski definition) is 0. The molecule has 0 amide bonds. The first-order chi connectivity index (χ1) is 6.31. The van der Waals surface area contributed by atoms with Crippen molar-refractivity contribution in [3.8, 4) is 6.07 Å². The van der Waals surface area contributed by atoms with Gasteiger partial charge in [0.25, 0.3) is 0 Å². The topological polar surface area (TPSA) is 23.8 Å². The monoisotopic (exact) mass is 191 g/mol. The first-order valence-electron chi connectivity index (χ1n) is 4.47. The summed E-state index contributed by atoms with van der Waals surface area (Å²) >= 11 is 1.73. The summed E-state index contributed by atoms with van der Waals surface area (Å²) in [4.78, 5) is 1.12. The number of aryl methyl sites for hydroxylation is 1. The summed E-state index contributed by atoms with van der Waals surface area (Å²) in [6.07, 6.45) is 1.03. The molecule has 0 heterocycles. The van der Waals surface area contributed by atoms with Crippen molar-refractivity contribution in [2.24, 2.45) is 0 Å². The summed E-state index contributed by atoms with van der Waals surface area (Å²) in [5.41, 5.74) is 2.10. The average molecular weight is 191 g/mol. The van der Waals surface area contributed by atoms with Crippen LogP contribution < -0.4 is 0 Å². The van der Waals surface area contributed by atoms with Gasteiger partial charge in [-0.15, -0.1) is 11.8 Å². The van der Waals surface area contributed by atoms with E-state index in [2.05, 4.69) is 26.0 Å². The average Bonchev–Trinajstić information content (AvgIpc) is 2.18. The van der Waals surface area contributed by atoms with E-state index in [0.29, 0.717) is 0 Å². The molecule has 0 aliphatic carbocycles. The zero-order valence-corrected chi connectivity index (χ0v) is 8.82. The molecule has 13 heavy (non-hydrogen) atoms. The minimum atomic E-state index is 0.795. The summed E-state index contributed by atoms with van der Waals surface area (Å²) in [6.45, 7) is 4.23. The number of thioether (sulfide) groups is 1. The van der Waals surface area contributed by atoms with Gasteiger partial charge in [0.05, 0.1) is 5.56 Å². The van der Waals surface area contributed by atoms with Gasteiger partial charge in [0.15, 0.2) is 0 Å². The second kappa shape index (κ2) is 4.94. The van der Waals surface area contributed by atoms with Crippen molar-refractivity contribution in [2.45, 2.75) is 25.2 Å². The maximum Gasteiger partial charge on any atom is 0.100 e. The van der Waals surface area contributed by atoms with Gasteiger partial charge in [-0.05, 0) is 29.9 Å². The van der Waals surface area contributed by atoms with Crippen LogP contribution in [-0.2, 0) is 6.42 Å². The van der Waals surface area contributed by atoms with Crippen LogP contribution >= 0.6 is 11.8 Å². The van der Waals surface area contributed by atoms with E-state index in [4.69, 9.17) is 5.26 Å². The van der Waals surface area contributed by atoms with Crippen LogP contribution in [0.1, 0.15) is 25.0 Å². The van der Waals surface area contributed by atoms with Crippen LogP contribution in [0.3, 0.4) is 0 Å². The van der Waals surface area contributed by atoms with Gasteiger partial charge in [0.1, 0.15) is 6.07 Å². The number of nitriles is 1. The zero-order valence-electron chi connectivity index (χ0n) is 8.00. The van der Waals surface area contributed by atoms with Crippen LogP contribution in [0.2, 0.25) is 0 Å². The number of rotatable bonds is 3. The molecule has 1 rings (SSSR count). The third-order valence-electron chi connectivity index (χ3n) is 1.87. The van der Waals surface area contributed by atoms with Gasteiger partial charge in [0, 0.05) is 4.90 Å². The molecule has 0 radical (unpaired) electrons. The van der Waals surface area contributed by atoms with Crippen LogP contribution in [-0.4, -0.2) is 5.75 Å². The third-order valence-corrected chi connectivity index (χ3v) is 2.81. The van der Waals surface area contributed by atoms with E-state index in [0.717, 1.165) is 22.6 Å². The number of nitrogens with zero attached hydrogens (tertiary/aromatic N) is 1. The van der Waals surface area contributed by atoms with E-state index in [1.54, 1.807) is 11.8 Å². The molecular weight excluding hydrogens is 178 g/mol. The standard InChI is InChI=1S/C11H13NS/c1-3-9-5-6-10(8-12)11(7-9)13-4-2/h5-7H,3-4H2,1-2H3. The number of hydrogen-bond acceptors (Lipinski definition) is 2. The highest BCUT2D eigenvalue weighted by atomic mass is 32.2. The van der Waals surface area contributed by atoms with Crippen LogP contribution in [0, 0.1) is 11.3 Å².